The molecule has 3 rings (SSSR count). The minimum absolute atomic E-state index is 0.0709. The fraction of sp³-hybridized carbons (Fsp3) is 0.375. The summed E-state index contributed by atoms with van der Waals surface area (Å²) in [7, 11) is 0. The molecule has 0 atom stereocenters. The molecule has 110 valence electrons. The van der Waals surface area contributed by atoms with Gasteiger partial charge in [0.25, 0.3) is 0 Å². The summed E-state index contributed by atoms with van der Waals surface area (Å²) < 4.78 is 28.1. The number of anilines is 1. The molecule has 3 nitrogen and oxygen atoms in total. The van der Waals surface area contributed by atoms with E-state index < -0.39 is 11.6 Å². The van der Waals surface area contributed by atoms with Crippen molar-refractivity contribution in [2.75, 3.05) is 11.9 Å². The molecule has 5 heteroatoms. The first kappa shape index (κ1) is 13.9. The normalized spacial score (nSPS) is 14.3. The Morgan fingerprint density at radius 3 is 2.43 bits per heavy atom. The third-order valence-electron chi connectivity index (χ3n) is 3.65. The van der Waals surface area contributed by atoms with Crippen molar-refractivity contribution < 1.29 is 8.78 Å². The van der Waals surface area contributed by atoms with Gasteiger partial charge in [0.1, 0.15) is 23.3 Å². The smallest absolute Gasteiger partial charge is 0.135 e. The van der Waals surface area contributed by atoms with E-state index in [1.165, 1.54) is 18.2 Å². The molecule has 0 spiro atoms. The molecule has 1 aliphatic carbocycles. The summed E-state index contributed by atoms with van der Waals surface area (Å²) in [5, 5.41) is 3.15. The highest BCUT2D eigenvalue weighted by molar-refractivity contribution is 5.69. The molecule has 21 heavy (non-hydrogen) atoms. The van der Waals surface area contributed by atoms with Gasteiger partial charge in [-0.15, -0.1) is 0 Å². The van der Waals surface area contributed by atoms with Crippen LogP contribution in [0, 0.1) is 18.6 Å². The van der Waals surface area contributed by atoms with Crippen molar-refractivity contribution in [2.24, 2.45) is 0 Å². The number of hydrogen-bond acceptors (Lipinski definition) is 3. The van der Waals surface area contributed by atoms with E-state index in [1.807, 2.05) is 6.92 Å². The molecular formula is C16H17F2N3. The van der Waals surface area contributed by atoms with Gasteiger partial charge in [-0.25, -0.2) is 18.7 Å². The van der Waals surface area contributed by atoms with E-state index in [-0.39, 0.29) is 5.56 Å². The molecule has 1 saturated carbocycles. The van der Waals surface area contributed by atoms with Crippen LogP contribution in [0.4, 0.5) is 14.6 Å². The summed E-state index contributed by atoms with van der Waals surface area (Å²) in [6.45, 7) is 4.44. The van der Waals surface area contributed by atoms with Crippen LogP contribution in [0.2, 0.25) is 0 Å². The number of rotatable bonds is 4. The second-order valence-corrected chi connectivity index (χ2v) is 5.31. The van der Waals surface area contributed by atoms with Gasteiger partial charge < -0.3 is 5.32 Å². The summed E-state index contributed by atoms with van der Waals surface area (Å²) in [6.07, 6.45) is 2.07. The number of nitrogens with zero attached hydrogens (tertiary/aromatic N) is 2. The van der Waals surface area contributed by atoms with Crippen molar-refractivity contribution in [1.82, 2.24) is 9.97 Å². The van der Waals surface area contributed by atoms with E-state index in [4.69, 9.17) is 0 Å². The van der Waals surface area contributed by atoms with Gasteiger partial charge in [-0.3, -0.25) is 0 Å². The number of aromatic nitrogens is 2. The Morgan fingerprint density at radius 1 is 1.19 bits per heavy atom. The molecule has 2 aromatic rings. The summed E-state index contributed by atoms with van der Waals surface area (Å²) in [6, 6.07) is 3.87. The van der Waals surface area contributed by atoms with Gasteiger partial charge in [-0.2, -0.15) is 0 Å². The largest absolute Gasteiger partial charge is 0.370 e. The van der Waals surface area contributed by atoms with Crippen LogP contribution in [-0.4, -0.2) is 16.5 Å². The second-order valence-electron chi connectivity index (χ2n) is 5.31. The van der Waals surface area contributed by atoms with Crippen molar-refractivity contribution in [1.29, 1.82) is 0 Å². The maximum atomic E-state index is 14.1. The van der Waals surface area contributed by atoms with Crippen molar-refractivity contribution in [3.8, 4) is 11.3 Å². The first-order valence-corrected chi connectivity index (χ1v) is 7.18. The Kier molecular flexibility index (Phi) is 3.57. The lowest BCUT2D eigenvalue weighted by Gasteiger charge is -2.14. The Morgan fingerprint density at radius 2 is 1.86 bits per heavy atom. The van der Waals surface area contributed by atoms with Crippen molar-refractivity contribution in [2.45, 2.75) is 32.6 Å². The minimum Gasteiger partial charge on any atom is -0.370 e. The summed E-state index contributed by atoms with van der Waals surface area (Å²) >= 11 is 0. The molecule has 0 saturated heterocycles. The van der Waals surface area contributed by atoms with Crippen LogP contribution in [0.25, 0.3) is 11.3 Å². The monoisotopic (exact) mass is 289 g/mol. The van der Waals surface area contributed by atoms with Gasteiger partial charge in [0, 0.05) is 18.0 Å². The van der Waals surface area contributed by atoms with Gasteiger partial charge in [0.05, 0.1) is 11.3 Å². The summed E-state index contributed by atoms with van der Waals surface area (Å²) in [5.41, 5.74) is 0.946. The van der Waals surface area contributed by atoms with Crippen LogP contribution in [0.5, 0.6) is 0 Å². The van der Waals surface area contributed by atoms with Gasteiger partial charge >= 0.3 is 0 Å². The maximum Gasteiger partial charge on any atom is 0.135 e. The van der Waals surface area contributed by atoms with Gasteiger partial charge in [-0.05, 0) is 38.8 Å². The minimum atomic E-state index is -0.596. The Hall–Kier alpha value is -2.04. The second kappa shape index (κ2) is 5.39. The predicted octanol–water partition coefficient (Wildman–Crippen LogP) is 4.04. The van der Waals surface area contributed by atoms with E-state index in [1.54, 1.807) is 6.92 Å². The predicted molar refractivity (Wildman–Crippen MR) is 78.3 cm³/mol. The zero-order valence-electron chi connectivity index (χ0n) is 12.1. The van der Waals surface area contributed by atoms with E-state index in [9.17, 15) is 8.78 Å². The highest BCUT2D eigenvalue weighted by Gasteiger charge is 2.29. The zero-order valence-corrected chi connectivity index (χ0v) is 12.1. The topological polar surface area (TPSA) is 37.8 Å². The van der Waals surface area contributed by atoms with Crippen LogP contribution < -0.4 is 5.32 Å². The molecule has 1 aliphatic rings. The van der Waals surface area contributed by atoms with E-state index in [2.05, 4.69) is 15.3 Å². The molecule has 0 aliphatic heterocycles. The number of halogens is 2. The van der Waals surface area contributed by atoms with Crippen LogP contribution in [0.3, 0.4) is 0 Å². The van der Waals surface area contributed by atoms with E-state index in [0.29, 0.717) is 35.4 Å². The SMILES string of the molecule is CCNc1nc(C2CC2)nc(-c2c(F)cccc2F)c1C. The summed E-state index contributed by atoms with van der Waals surface area (Å²) in [5.74, 6) is 0.458. The first-order valence-electron chi connectivity index (χ1n) is 7.18. The van der Waals surface area contributed by atoms with Crippen molar-refractivity contribution >= 4 is 5.82 Å². The third kappa shape index (κ3) is 2.60. The van der Waals surface area contributed by atoms with E-state index >= 15 is 0 Å². The van der Waals surface area contributed by atoms with E-state index in [0.717, 1.165) is 12.8 Å². The molecule has 0 unspecified atom stereocenters. The fourth-order valence-electron chi connectivity index (χ4n) is 2.37. The van der Waals surface area contributed by atoms with Crippen LogP contribution in [0.15, 0.2) is 18.2 Å². The number of nitrogens with one attached hydrogen (secondary N) is 1. The standard InChI is InChI=1S/C16H17F2N3/c1-3-19-15-9(2)14(20-16(21-15)10-7-8-10)13-11(17)5-4-6-12(13)18/h4-6,10H,3,7-8H2,1-2H3,(H,19,20,21). The summed E-state index contributed by atoms with van der Waals surface area (Å²) in [4.78, 5) is 8.94. The number of hydrogen-bond donors (Lipinski definition) is 1. The lowest BCUT2D eigenvalue weighted by Crippen LogP contribution is -2.08. The van der Waals surface area contributed by atoms with Crippen LogP contribution >= 0.6 is 0 Å². The molecule has 1 heterocycles. The molecule has 1 N–H and O–H groups in total. The highest BCUT2D eigenvalue weighted by atomic mass is 19.1. The Balaban J connectivity index is 2.20. The molecule has 1 aromatic carbocycles. The maximum absolute atomic E-state index is 14.1. The average molecular weight is 289 g/mol. The molecule has 0 radical (unpaired) electrons. The lowest BCUT2D eigenvalue weighted by atomic mass is 10.1. The highest BCUT2D eigenvalue weighted by Crippen LogP contribution is 2.40. The zero-order chi connectivity index (χ0) is 15.0. The van der Waals surface area contributed by atoms with Gasteiger partial charge in [0.15, 0.2) is 0 Å². The first-order chi connectivity index (χ1) is 10.1. The van der Waals surface area contributed by atoms with Crippen LogP contribution in [0.1, 0.15) is 37.1 Å². The molecule has 1 aromatic heterocycles. The third-order valence-corrected chi connectivity index (χ3v) is 3.65. The van der Waals surface area contributed by atoms with Gasteiger partial charge in [-0.1, -0.05) is 6.07 Å². The molecular weight excluding hydrogens is 272 g/mol. The molecule has 0 bridgehead atoms. The Labute approximate surface area is 122 Å². The Bertz CT molecular complexity index is 661. The average Bonchev–Trinajstić information content (AvgIpc) is 3.27. The van der Waals surface area contributed by atoms with Crippen molar-refractivity contribution in [3.05, 3.63) is 41.2 Å². The van der Waals surface area contributed by atoms with Crippen molar-refractivity contribution in [3.63, 3.8) is 0 Å². The lowest BCUT2D eigenvalue weighted by molar-refractivity contribution is 0.588. The fourth-order valence-corrected chi connectivity index (χ4v) is 2.37. The van der Waals surface area contributed by atoms with Gasteiger partial charge in [0.2, 0.25) is 0 Å². The number of benzene rings is 1. The quantitative estimate of drug-likeness (QED) is 0.923. The van der Waals surface area contributed by atoms with Crippen LogP contribution in [-0.2, 0) is 0 Å². The molecule has 0 amide bonds. The molecule has 1 fully saturated rings.